The Balaban J connectivity index is 0.851. The molecule has 1 unspecified atom stereocenters. The third-order valence-corrected chi connectivity index (χ3v) is 14.2. The van der Waals surface area contributed by atoms with Crippen molar-refractivity contribution in [1.29, 1.82) is 0 Å². The number of pyridine rings is 2. The molecule has 8 heteroatoms. The van der Waals surface area contributed by atoms with Gasteiger partial charge in [-0.15, -0.1) is 0 Å². The molecule has 2 heterocycles. The van der Waals surface area contributed by atoms with Gasteiger partial charge in [-0.25, -0.2) is 0 Å². The molecule has 0 amide bonds. The third kappa shape index (κ3) is 13.4. The molecule has 0 aliphatic carbocycles. The molecular formula is C53H70N6S2+4. The van der Waals surface area contributed by atoms with Crippen LogP contribution in [0.5, 0.6) is 0 Å². The Morgan fingerprint density at radius 2 is 0.984 bits per heavy atom. The van der Waals surface area contributed by atoms with Crippen LogP contribution >= 0.6 is 21.6 Å². The highest BCUT2D eigenvalue weighted by Gasteiger charge is 2.16. The second kappa shape index (κ2) is 23.0. The normalized spacial score (nSPS) is 12.6. The maximum absolute atomic E-state index is 2.41. The number of nitrogens with zero attached hydrogens (tertiary/aromatic N) is 5. The molecule has 0 saturated heterocycles. The fourth-order valence-corrected chi connectivity index (χ4v) is 10.5. The van der Waals surface area contributed by atoms with Crippen LogP contribution in [0.2, 0.25) is 0 Å². The number of benzene rings is 4. The zero-order valence-electron chi connectivity index (χ0n) is 37.9. The number of aromatic nitrogens is 2. The molecular weight excluding hydrogens is 785 g/mol. The van der Waals surface area contributed by atoms with Crippen LogP contribution in [0.3, 0.4) is 0 Å². The first-order valence-electron chi connectivity index (χ1n) is 22.2. The number of nitrogens with one attached hydrogen (secondary N) is 1. The fourth-order valence-electron chi connectivity index (χ4n) is 8.11. The Morgan fingerprint density at radius 3 is 1.51 bits per heavy atom. The predicted molar refractivity (Wildman–Crippen MR) is 270 cm³/mol. The lowest BCUT2D eigenvalue weighted by atomic mass is 10.0. The highest BCUT2D eigenvalue weighted by molar-refractivity contribution is 8.76. The maximum atomic E-state index is 2.41. The zero-order valence-corrected chi connectivity index (χ0v) is 39.5. The minimum absolute atomic E-state index is 1.04. The maximum Gasteiger partial charge on any atom is 0.205 e. The highest BCUT2D eigenvalue weighted by Crippen LogP contribution is 2.31. The molecule has 4 aromatic carbocycles. The van der Waals surface area contributed by atoms with Gasteiger partial charge in [0.15, 0.2) is 12.4 Å². The molecule has 6 rings (SSSR count). The van der Waals surface area contributed by atoms with Crippen molar-refractivity contribution in [2.45, 2.75) is 38.8 Å². The van der Waals surface area contributed by atoms with Crippen LogP contribution in [0.4, 0.5) is 11.4 Å². The van der Waals surface area contributed by atoms with Crippen LogP contribution in [0.1, 0.15) is 48.2 Å². The topological polar surface area (TPSA) is 18.7 Å². The Kier molecular flexibility index (Phi) is 17.3. The van der Waals surface area contributed by atoms with Gasteiger partial charge < -0.3 is 19.2 Å². The summed E-state index contributed by atoms with van der Waals surface area (Å²) in [6, 6.07) is 39.4. The number of anilines is 2. The van der Waals surface area contributed by atoms with E-state index < -0.39 is 0 Å². The van der Waals surface area contributed by atoms with Gasteiger partial charge in [-0.05, 0) is 58.3 Å². The third-order valence-electron chi connectivity index (χ3n) is 11.8. The van der Waals surface area contributed by atoms with Crippen molar-refractivity contribution in [3.63, 3.8) is 0 Å². The molecule has 0 saturated carbocycles. The van der Waals surface area contributed by atoms with Crippen molar-refractivity contribution in [3.8, 4) is 0 Å². The lowest BCUT2D eigenvalue weighted by molar-refractivity contribution is -0.888. The lowest BCUT2D eigenvalue weighted by Crippen LogP contribution is -3.09. The number of quaternary nitrogens is 2. The summed E-state index contributed by atoms with van der Waals surface area (Å²) in [5.74, 6) is 2.41. The molecule has 61 heavy (non-hydrogen) atoms. The van der Waals surface area contributed by atoms with Gasteiger partial charge in [-0.3, -0.25) is 0 Å². The fraction of sp³-hybridized carbons (Fsp3) is 0.358. The van der Waals surface area contributed by atoms with E-state index in [1.807, 2.05) is 0 Å². The van der Waals surface area contributed by atoms with Crippen molar-refractivity contribution < 1.29 is 18.5 Å². The molecule has 0 radical (unpaired) electrons. The van der Waals surface area contributed by atoms with Crippen LogP contribution in [0, 0.1) is 0 Å². The van der Waals surface area contributed by atoms with Crippen LogP contribution in [0.25, 0.3) is 45.8 Å². The summed E-state index contributed by atoms with van der Waals surface area (Å²) in [7, 11) is 19.7. The lowest BCUT2D eigenvalue weighted by Gasteiger charge is -2.29. The van der Waals surface area contributed by atoms with Crippen molar-refractivity contribution in [2.24, 2.45) is 0 Å². The predicted octanol–water partition coefficient (Wildman–Crippen LogP) is 9.27. The van der Waals surface area contributed by atoms with Crippen LogP contribution in [-0.4, -0.2) is 91.5 Å². The van der Waals surface area contributed by atoms with E-state index in [9.17, 15) is 0 Å². The summed E-state index contributed by atoms with van der Waals surface area (Å²) in [6.07, 6.45) is 18.4. The number of rotatable bonds is 23. The van der Waals surface area contributed by atoms with Gasteiger partial charge in [0, 0.05) is 112 Å². The molecule has 1 N–H and O–H groups in total. The summed E-state index contributed by atoms with van der Waals surface area (Å²) in [6.45, 7) is 6.94. The zero-order chi connectivity index (χ0) is 43.0. The van der Waals surface area contributed by atoms with Crippen LogP contribution in [-0.2, 0) is 13.1 Å². The SMILES string of the molecule is CN(C)c1ccc(C=Cc2cccc[n+]2CCCC[NH+](C)CCSSCC[N+](C)(C)CCCC[n+]2ccccc2C=Cc2ccc(N(C)C)c3ccccc23)c2ccccc12. The number of hydrogen-bond acceptors (Lipinski definition) is 4. The van der Waals surface area contributed by atoms with E-state index in [1.54, 1.807) is 4.90 Å². The summed E-state index contributed by atoms with van der Waals surface area (Å²) in [5.41, 5.74) is 7.51. The largest absolute Gasteiger partial charge is 0.377 e. The average molecular weight is 855 g/mol. The number of unbranched alkanes of at least 4 members (excludes halogenated alkanes) is 2. The van der Waals surface area contributed by atoms with E-state index in [0.29, 0.717) is 0 Å². The van der Waals surface area contributed by atoms with E-state index >= 15 is 0 Å². The molecule has 0 aliphatic rings. The van der Waals surface area contributed by atoms with Gasteiger partial charge in [-0.1, -0.05) is 82.3 Å². The van der Waals surface area contributed by atoms with E-state index in [2.05, 4.69) is 236 Å². The quantitative estimate of drug-likeness (QED) is 0.0300. The molecule has 320 valence electrons. The highest BCUT2D eigenvalue weighted by atomic mass is 33.1. The van der Waals surface area contributed by atoms with Crippen molar-refractivity contribution >= 4 is 78.8 Å². The minimum Gasteiger partial charge on any atom is -0.377 e. The van der Waals surface area contributed by atoms with Gasteiger partial charge in [0.25, 0.3) is 0 Å². The van der Waals surface area contributed by atoms with Crippen LogP contribution < -0.4 is 23.8 Å². The summed E-state index contributed by atoms with van der Waals surface area (Å²) >= 11 is 0. The molecule has 6 nitrogen and oxygen atoms in total. The molecule has 0 fully saturated rings. The second-order valence-corrected chi connectivity index (χ2v) is 20.1. The number of fused-ring (bicyclic) bond motifs is 2. The average Bonchev–Trinajstić information content (AvgIpc) is 3.26. The first kappa shape index (κ1) is 45.9. The van der Waals surface area contributed by atoms with Crippen molar-refractivity contribution in [3.05, 3.63) is 144 Å². The Morgan fingerprint density at radius 1 is 0.508 bits per heavy atom. The summed E-state index contributed by atoms with van der Waals surface area (Å²) in [5, 5.41) is 5.16. The standard InChI is InChI=1S/C53H69N6S2/c1-54(2)52-32-28-44(48-22-8-10-24-50(48)52)26-30-46-20-12-14-35-57(46)37-17-16-34-56(5)39-42-60-61-43-41-59(6,7)40-19-18-38-58-36-15-13-21-47(58)31-27-45-29-33-53(55(3)4)51-25-11-9-23-49(45)51/h8-15,20-33,35-36H,16-19,34,37-43H2,1-7H3/q+3/p+1. The Hall–Kier alpha value is -4.60. The van der Waals surface area contributed by atoms with Gasteiger partial charge in [-0.2, -0.15) is 9.13 Å². The van der Waals surface area contributed by atoms with Gasteiger partial charge in [0.1, 0.15) is 13.1 Å². The van der Waals surface area contributed by atoms with E-state index in [1.165, 1.54) is 119 Å². The van der Waals surface area contributed by atoms with E-state index in [-0.39, 0.29) is 0 Å². The number of hydrogen-bond donors (Lipinski definition) is 1. The first-order valence-corrected chi connectivity index (χ1v) is 24.7. The van der Waals surface area contributed by atoms with E-state index in [0.717, 1.165) is 17.6 Å². The molecule has 2 aromatic heterocycles. The monoisotopic (exact) mass is 855 g/mol. The second-order valence-electron chi connectivity index (χ2n) is 17.4. The molecule has 1 atom stereocenters. The van der Waals surface area contributed by atoms with Crippen molar-refractivity contribution in [1.82, 2.24) is 0 Å². The first-order chi connectivity index (χ1) is 29.6. The van der Waals surface area contributed by atoms with Gasteiger partial charge in [0.2, 0.25) is 11.4 Å². The molecule has 0 bridgehead atoms. The van der Waals surface area contributed by atoms with Crippen LogP contribution in [0.15, 0.2) is 122 Å². The smallest absolute Gasteiger partial charge is 0.205 e. The molecule has 6 aromatic rings. The van der Waals surface area contributed by atoms with E-state index in [4.69, 9.17) is 0 Å². The Bertz CT molecular complexity index is 2370. The van der Waals surface area contributed by atoms with Gasteiger partial charge in [0.05, 0.1) is 58.8 Å². The molecule has 0 aliphatic heterocycles. The Labute approximate surface area is 375 Å². The summed E-state index contributed by atoms with van der Waals surface area (Å²) < 4.78 is 5.89. The minimum atomic E-state index is 1.04. The summed E-state index contributed by atoms with van der Waals surface area (Å²) in [4.78, 5) is 6.02. The van der Waals surface area contributed by atoms with Crippen molar-refractivity contribution in [2.75, 3.05) is 96.8 Å². The van der Waals surface area contributed by atoms with Gasteiger partial charge >= 0.3 is 0 Å². The number of aryl methyl sites for hydroxylation is 2. The molecule has 0 spiro atoms.